The van der Waals surface area contributed by atoms with E-state index in [4.69, 9.17) is 14.0 Å². The third-order valence-corrected chi connectivity index (χ3v) is 2.30. The van der Waals surface area contributed by atoms with Crippen molar-refractivity contribution in [1.82, 2.24) is 0 Å². The number of rotatable bonds is 2. The van der Waals surface area contributed by atoms with Crippen LogP contribution in [0.4, 0.5) is 0 Å². The molecular formula is C13H10MnO5S-6. The van der Waals surface area contributed by atoms with Gasteiger partial charge in [-0.1, -0.05) is 6.08 Å². The van der Waals surface area contributed by atoms with E-state index in [0.29, 0.717) is 0 Å². The van der Waals surface area contributed by atoms with Crippen LogP contribution < -0.4 is 0 Å². The fraction of sp³-hybridized carbons (Fsp3) is 0.231. The zero-order chi connectivity index (χ0) is 16.3. The molecule has 1 aromatic rings. The molecule has 0 aromatic heterocycles. The fourth-order valence-electron chi connectivity index (χ4n) is 0.248. The molecule has 0 N–H and O–H groups in total. The minimum Gasteiger partial charge on any atom is -0.999 e. The predicted molar refractivity (Wildman–Crippen MR) is 62.4 cm³/mol. The van der Waals surface area contributed by atoms with E-state index in [2.05, 4.69) is 50.8 Å². The Morgan fingerprint density at radius 2 is 1.45 bits per heavy atom. The maximum absolute atomic E-state index is 10.2. The average molecular weight is 333 g/mol. The quantitative estimate of drug-likeness (QED) is 0.268. The Morgan fingerprint density at radius 3 is 1.50 bits per heavy atom. The summed E-state index contributed by atoms with van der Waals surface area (Å²) in [5, 5.41) is 0. The van der Waals surface area contributed by atoms with Crippen LogP contribution in [0.3, 0.4) is 0 Å². The van der Waals surface area contributed by atoms with Gasteiger partial charge in [-0.2, -0.15) is 0 Å². The Labute approximate surface area is 132 Å². The smallest absolute Gasteiger partial charge is 0 e. The third-order valence-electron chi connectivity index (χ3n) is 1.27. The molecular weight excluding hydrogens is 323 g/mol. The maximum Gasteiger partial charge on any atom is 0 e. The zero-order valence-corrected chi connectivity index (χ0v) is 12.7. The molecule has 1 unspecified atom stereocenters. The molecule has 1 rings (SSSR count). The van der Waals surface area contributed by atoms with Crippen molar-refractivity contribution in [2.75, 3.05) is 0 Å². The van der Waals surface area contributed by atoms with Gasteiger partial charge in [0.25, 0.3) is 0 Å². The molecule has 0 spiro atoms. The summed E-state index contributed by atoms with van der Waals surface area (Å²) in [6.45, 7) is 20.0. The molecule has 0 saturated carbocycles. The first-order valence-corrected chi connectivity index (χ1v) is 5.25. The molecule has 20 heavy (non-hydrogen) atoms. The van der Waals surface area contributed by atoms with Gasteiger partial charge in [0.2, 0.25) is 0 Å². The van der Waals surface area contributed by atoms with Crippen LogP contribution in [0.15, 0.2) is 18.7 Å². The molecule has 5 nitrogen and oxygen atoms in total. The first kappa shape index (κ1) is 31.4. The second-order valence-corrected chi connectivity index (χ2v) is 4.25. The van der Waals surface area contributed by atoms with Crippen LogP contribution in [0, 0.1) is 44.2 Å². The fourth-order valence-corrected chi connectivity index (χ4v) is 0.385. The summed E-state index contributed by atoms with van der Waals surface area (Å²) in [4.78, 5) is 0. The van der Waals surface area contributed by atoms with E-state index >= 15 is 0 Å². The maximum atomic E-state index is 10.2. The van der Waals surface area contributed by atoms with Gasteiger partial charge in [0.15, 0.2) is 0 Å². The summed E-state index contributed by atoms with van der Waals surface area (Å²) in [5.74, 6) is 0. The monoisotopic (exact) mass is 333 g/mol. The van der Waals surface area contributed by atoms with Gasteiger partial charge in [-0.3, -0.25) is 4.21 Å². The second kappa shape index (κ2) is 26.5. The van der Waals surface area contributed by atoms with Gasteiger partial charge in [0.1, 0.15) is 0 Å². The molecule has 111 valence electrons. The molecule has 0 bridgehead atoms. The van der Waals surface area contributed by atoms with Crippen molar-refractivity contribution in [1.29, 1.82) is 0 Å². The first-order chi connectivity index (χ1) is 9.00. The number of hydrogen-bond acceptors (Lipinski definition) is 2. The molecule has 0 amide bonds. The molecule has 1 radical (unpaired) electrons. The van der Waals surface area contributed by atoms with Crippen molar-refractivity contribution in [3.8, 4) is 0 Å². The van der Waals surface area contributed by atoms with Crippen LogP contribution in [0.2, 0.25) is 0 Å². The van der Waals surface area contributed by atoms with Crippen LogP contribution >= 0.6 is 0 Å². The average Bonchev–Trinajstić information content (AvgIpc) is 3.04. The minimum absolute atomic E-state index is 0. The molecule has 0 aliphatic rings. The predicted octanol–water partition coefficient (Wildman–Crippen LogP) is 1.32. The van der Waals surface area contributed by atoms with Crippen molar-refractivity contribution >= 4 is 11.1 Å². The van der Waals surface area contributed by atoms with E-state index in [9.17, 15) is 8.76 Å². The van der Waals surface area contributed by atoms with E-state index in [1.807, 2.05) is 0 Å². The van der Waals surface area contributed by atoms with E-state index < -0.39 is 15.8 Å². The molecule has 0 fully saturated rings. The van der Waals surface area contributed by atoms with Crippen LogP contribution in [0.5, 0.6) is 0 Å². The standard InChI is InChI=1S/C5H10O2S.C5H.3CO.Mn/c1-4-5(2,3)8(6)7;1-2-4-5-3-1;3*1-2;/h4H,1H2,2-3H3,(H,6,7);1H;;;;/q;-5;;;;/p-1. The van der Waals surface area contributed by atoms with Crippen LogP contribution in [0.25, 0.3) is 0 Å². The minimum atomic E-state index is -2.04. The van der Waals surface area contributed by atoms with Crippen molar-refractivity contribution in [3.05, 3.63) is 62.9 Å². The largest absolute Gasteiger partial charge is 0.999 e. The van der Waals surface area contributed by atoms with Gasteiger partial charge in [0, 0.05) is 21.8 Å². The summed E-state index contributed by atoms with van der Waals surface area (Å²) >= 11 is -2.04. The Morgan fingerprint density at radius 1 is 1.15 bits per heavy atom. The zero-order valence-electron chi connectivity index (χ0n) is 10.7. The van der Waals surface area contributed by atoms with Crippen LogP contribution in [-0.4, -0.2) is 13.5 Å². The van der Waals surface area contributed by atoms with Crippen molar-refractivity contribution in [2.24, 2.45) is 0 Å². The molecule has 1 aromatic carbocycles. The van der Waals surface area contributed by atoms with Gasteiger partial charge in [-0.25, -0.2) is 0 Å². The molecule has 1 atom stereocenters. The molecule has 0 aliphatic heterocycles. The van der Waals surface area contributed by atoms with Gasteiger partial charge in [-0.15, -0.1) is 6.58 Å². The van der Waals surface area contributed by atoms with Gasteiger partial charge in [0.05, 0.1) is 0 Å². The Kier molecular flexibility index (Phi) is 41.6. The van der Waals surface area contributed by atoms with E-state index in [-0.39, 0.29) is 17.1 Å². The first-order valence-electron chi connectivity index (χ1n) is 4.17. The second-order valence-electron chi connectivity index (χ2n) is 2.73. The van der Waals surface area contributed by atoms with Gasteiger partial charge in [-0.05, 0) is 24.9 Å². The van der Waals surface area contributed by atoms with Gasteiger partial charge >= 0.3 is 33.9 Å². The summed E-state index contributed by atoms with van der Waals surface area (Å²) < 4.78 is 42.1. The van der Waals surface area contributed by atoms with Crippen molar-refractivity contribution in [3.63, 3.8) is 0 Å². The summed E-state index contributed by atoms with van der Waals surface area (Å²) in [5.41, 5.74) is 0. The topological polar surface area (TPSA) is 99.8 Å². The van der Waals surface area contributed by atoms with Crippen LogP contribution in [-0.2, 0) is 42.1 Å². The van der Waals surface area contributed by atoms with Crippen LogP contribution in [0.1, 0.15) is 13.8 Å². The molecule has 0 heterocycles. The van der Waals surface area contributed by atoms with E-state index in [1.165, 1.54) is 6.08 Å². The SMILES string of the molecule is C=CC(C)(C)S(=O)[O-].[C-]#[O+].[C-]#[O+].[C-]#[O+].[Mn].[c-]1[c-][c-][cH-][c-]1. The molecule has 0 aliphatic carbocycles. The van der Waals surface area contributed by atoms with Crippen molar-refractivity contribution < 1.29 is 39.8 Å². The normalized spacial score (nSPS) is 8.45. The Balaban J connectivity index is -0.0000000542. The summed E-state index contributed by atoms with van der Waals surface area (Å²) in [6.07, 6.45) is 1.40. The van der Waals surface area contributed by atoms with E-state index in [0.717, 1.165) is 0 Å². The summed E-state index contributed by atoms with van der Waals surface area (Å²) in [6, 6.07) is 12.0. The Hall–Kier alpha value is -1.06. The molecule has 7 heteroatoms. The van der Waals surface area contributed by atoms with Gasteiger partial charge < -0.3 is 34.9 Å². The Bertz CT molecular complexity index is 334. The summed E-state index contributed by atoms with van der Waals surface area (Å²) in [7, 11) is 0. The van der Waals surface area contributed by atoms with Crippen molar-refractivity contribution in [2.45, 2.75) is 18.6 Å². The third kappa shape index (κ3) is 25.7. The molecule has 0 saturated heterocycles. The van der Waals surface area contributed by atoms with E-state index in [1.54, 1.807) is 19.9 Å². The number of hydrogen-bond donors (Lipinski definition) is 0.